The normalized spacial score (nSPS) is 14.2. The van der Waals surface area contributed by atoms with Crippen LogP contribution in [0, 0.1) is 0 Å². The fraction of sp³-hybridized carbons (Fsp3) is 0.250. The largest absolute Gasteiger partial charge is 0.416 e. The topological polar surface area (TPSA) is 80.3 Å². The molecule has 1 atom stereocenters. The smallest absolute Gasteiger partial charge is 0.224 e. The fourth-order valence-corrected chi connectivity index (χ4v) is 4.06. The van der Waals surface area contributed by atoms with Crippen LogP contribution in [0.3, 0.4) is 0 Å². The Morgan fingerprint density at radius 3 is 1.73 bits per heavy atom. The van der Waals surface area contributed by atoms with Gasteiger partial charge in [0.25, 0.3) is 0 Å². The summed E-state index contributed by atoms with van der Waals surface area (Å²) in [5.74, 6) is 0. The van der Waals surface area contributed by atoms with Gasteiger partial charge in [-0.2, -0.15) is 13.2 Å². The molecule has 0 aliphatic heterocycles. The first-order valence-corrected chi connectivity index (χ1v) is 10.7. The Hall–Kier alpha value is -1.91. The molecule has 5 nitrogen and oxygen atoms in total. The zero-order valence-corrected chi connectivity index (χ0v) is 15.4. The molecule has 1 N–H and O–H groups in total. The lowest BCUT2D eigenvalue weighted by atomic mass is 10.1. The zero-order valence-electron chi connectivity index (χ0n) is 13.8. The molecule has 0 bridgehead atoms. The predicted molar refractivity (Wildman–Crippen MR) is 89.7 cm³/mol. The lowest BCUT2D eigenvalue weighted by Crippen LogP contribution is -2.27. The average molecular weight is 407 g/mol. The third kappa shape index (κ3) is 4.83. The van der Waals surface area contributed by atoms with Gasteiger partial charge in [0.05, 0.1) is 15.4 Å². The van der Waals surface area contributed by atoms with Crippen molar-refractivity contribution in [2.24, 2.45) is 0 Å². The second-order valence-electron chi connectivity index (χ2n) is 5.71. The van der Waals surface area contributed by atoms with Crippen molar-refractivity contribution in [1.29, 1.82) is 0 Å². The number of halogens is 3. The van der Waals surface area contributed by atoms with Crippen LogP contribution in [0.1, 0.15) is 24.1 Å². The summed E-state index contributed by atoms with van der Waals surface area (Å²) in [4.78, 5) is -0.170. The standard InChI is InChI=1S/C16H16F3NO4S2/c1-11(12-3-5-13(6-4-12)16(17,18)19)20-26(23,24)15-9-7-14(8-10-15)25(2,21)22/h3-11,20H,1-2H3. The van der Waals surface area contributed by atoms with E-state index >= 15 is 0 Å². The Morgan fingerprint density at radius 2 is 1.31 bits per heavy atom. The summed E-state index contributed by atoms with van der Waals surface area (Å²) in [6.45, 7) is 1.49. The highest BCUT2D eigenvalue weighted by Crippen LogP contribution is 2.30. The van der Waals surface area contributed by atoms with E-state index in [1.54, 1.807) is 0 Å². The van der Waals surface area contributed by atoms with E-state index in [0.29, 0.717) is 5.56 Å². The minimum absolute atomic E-state index is 0.0211. The molecule has 0 amide bonds. The quantitative estimate of drug-likeness (QED) is 0.826. The Labute approximate surface area is 149 Å². The Bertz CT molecular complexity index is 981. The minimum atomic E-state index is -4.47. The molecular weight excluding hydrogens is 391 g/mol. The maximum Gasteiger partial charge on any atom is 0.416 e. The molecule has 0 aromatic heterocycles. The van der Waals surface area contributed by atoms with Crippen LogP contribution in [-0.2, 0) is 26.0 Å². The van der Waals surface area contributed by atoms with Gasteiger partial charge in [-0.15, -0.1) is 0 Å². The lowest BCUT2D eigenvalue weighted by Gasteiger charge is -2.16. The van der Waals surface area contributed by atoms with Gasteiger partial charge in [-0.25, -0.2) is 21.6 Å². The highest BCUT2D eigenvalue weighted by Gasteiger charge is 2.30. The minimum Gasteiger partial charge on any atom is -0.224 e. The monoisotopic (exact) mass is 407 g/mol. The Balaban J connectivity index is 2.20. The van der Waals surface area contributed by atoms with Gasteiger partial charge in [0.1, 0.15) is 0 Å². The van der Waals surface area contributed by atoms with Crippen molar-refractivity contribution in [2.45, 2.75) is 28.9 Å². The first-order chi connectivity index (χ1) is 11.8. The van der Waals surface area contributed by atoms with E-state index in [1.807, 2.05) is 0 Å². The predicted octanol–water partition coefficient (Wildman–Crippen LogP) is 3.15. The van der Waals surface area contributed by atoms with Crippen LogP contribution in [0.5, 0.6) is 0 Å². The van der Waals surface area contributed by atoms with E-state index < -0.39 is 37.6 Å². The maximum absolute atomic E-state index is 12.6. The number of alkyl halides is 3. The highest BCUT2D eigenvalue weighted by molar-refractivity contribution is 7.90. The van der Waals surface area contributed by atoms with E-state index in [2.05, 4.69) is 4.72 Å². The third-order valence-electron chi connectivity index (χ3n) is 3.63. The van der Waals surface area contributed by atoms with Gasteiger partial charge in [-0.05, 0) is 48.9 Å². The van der Waals surface area contributed by atoms with Crippen molar-refractivity contribution >= 4 is 19.9 Å². The van der Waals surface area contributed by atoms with Crippen molar-refractivity contribution in [3.05, 3.63) is 59.7 Å². The molecule has 0 saturated heterocycles. The van der Waals surface area contributed by atoms with Crippen molar-refractivity contribution in [2.75, 3.05) is 6.26 Å². The number of benzene rings is 2. The summed E-state index contributed by atoms with van der Waals surface area (Å²) in [5.41, 5.74) is -0.470. The van der Waals surface area contributed by atoms with Gasteiger partial charge in [0, 0.05) is 12.3 Å². The van der Waals surface area contributed by atoms with Crippen LogP contribution in [-0.4, -0.2) is 23.1 Å². The van der Waals surface area contributed by atoms with Gasteiger partial charge in [0.15, 0.2) is 9.84 Å². The average Bonchev–Trinajstić information content (AvgIpc) is 2.53. The first kappa shape index (κ1) is 20.4. The number of rotatable bonds is 5. The number of nitrogens with one attached hydrogen (secondary N) is 1. The van der Waals surface area contributed by atoms with E-state index in [0.717, 1.165) is 30.5 Å². The molecule has 26 heavy (non-hydrogen) atoms. The highest BCUT2D eigenvalue weighted by atomic mass is 32.2. The summed E-state index contributed by atoms with van der Waals surface area (Å²) < 4.78 is 87.6. The zero-order chi connectivity index (χ0) is 19.8. The van der Waals surface area contributed by atoms with Crippen LogP contribution in [0.15, 0.2) is 58.3 Å². The van der Waals surface area contributed by atoms with Crippen molar-refractivity contribution in [3.8, 4) is 0 Å². The molecule has 2 aromatic carbocycles. The van der Waals surface area contributed by atoms with Crippen LogP contribution < -0.4 is 4.72 Å². The molecule has 0 fully saturated rings. The molecule has 2 rings (SSSR count). The number of sulfone groups is 1. The molecule has 10 heteroatoms. The van der Waals surface area contributed by atoms with E-state index in [9.17, 15) is 30.0 Å². The lowest BCUT2D eigenvalue weighted by molar-refractivity contribution is -0.137. The second kappa shape index (κ2) is 7.01. The molecule has 0 aliphatic rings. The van der Waals surface area contributed by atoms with Gasteiger partial charge < -0.3 is 0 Å². The van der Waals surface area contributed by atoms with E-state index in [1.165, 1.54) is 31.2 Å². The van der Waals surface area contributed by atoms with Crippen LogP contribution in [0.25, 0.3) is 0 Å². The van der Waals surface area contributed by atoms with Gasteiger partial charge in [0.2, 0.25) is 10.0 Å². The van der Waals surface area contributed by atoms with Crippen molar-refractivity contribution in [1.82, 2.24) is 4.72 Å². The third-order valence-corrected chi connectivity index (χ3v) is 6.32. The molecule has 0 radical (unpaired) electrons. The Kier molecular flexibility index (Phi) is 5.50. The Morgan fingerprint density at radius 1 is 0.846 bits per heavy atom. The summed E-state index contributed by atoms with van der Waals surface area (Å²) >= 11 is 0. The van der Waals surface area contributed by atoms with Crippen LogP contribution in [0.2, 0.25) is 0 Å². The fourth-order valence-electron chi connectivity index (χ4n) is 2.20. The molecule has 0 heterocycles. The molecular formula is C16H16F3NO4S2. The number of hydrogen-bond acceptors (Lipinski definition) is 4. The summed E-state index contributed by atoms with van der Waals surface area (Å²) in [6, 6.07) is 8.01. The molecule has 1 unspecified atom stereocenters. The van der Waals surface area contributed by atoms with Crippen LogP contribution >= 0.6 is 0 Å². The van der Waals surface area contributed by atoms with Gasteiger partial charge >= 0.3 is 6.18 Å². The summed E-state index contributed by atoms with van der Waals surface area (Å²) in [5, 5.41) is 0. The number of sulfonamides is 1. The van der Waals surface area contributed by atoms with Crippen molar-refractivity contribution < 1.29 is 30.0 Å². The molecule has 0 aliphatic carbocycles. The van der Waals surface area contributed by atoms with Gasteiger partial charge in [-0.3, -0.25) is 0 Å². The van der Waals surface area contributed by atoms with E-state index in [4.69, 9.17) is 0 Å². The first-order valence-electron chi connectivity index (χ1n) is 7.30. The maximum atomic E-state index is 12.6. The molecule has 0 saturated carbocycles. The SMILES string of the molecule is CC(NS(=O)(=O)c1ccc(S(C)(=O)=O)cc1)c1ccc(C(F)(F)F)cc1. The summed E-state index contributed by atoms with van der Waals surface area (Å²) in [6.07, 6.45) is -3.47. The van der Waals surface area contributed by atoms with Gasteiger partial charge in [-0.1, -0.05) is 12.1 Å². The molecule has 0 spiro atoms. The molecule has 2 aromatic rings. The number of hydrogen-bond donors (Lipinski definition) is 1. The second-order valence-corrected chi connectivity index (χ2v) is 9.44. The summed E-state index contributed by atoms with van der Waals surface area (Å²) in [7, 11) is -7.43. The van der Waals surface area contributed by atoms with E-state index in [-0.39, 0.29) is 9.79 Å². The molecule has 142 valence electrons. The van der Waals surface area contributed by atoms with Crippen molar-refractivity contribution in [3.63, 3.8) is 0 Å². The van der Waals surface area contributed by atoms with Crippen LogP contribution in [0.4, 0.5) is 13.2 Å².